The van der Waals surface area contributed by atoms with E-state index in [0.29, 0.717) is 5.75 Å². The van der Waals surface area contributed by atoms with Crippen LogP contribution in [-0.2, 0) is 28.0 Å². The van der Waals surface area contributed by atoms with E-state index in [4.69, 9.17) is 13.8 Å². The van der Waals surface area contributed by atoms with Gasteiger partial charge in [-0.1, -0.05) is 18.2 Å². The maximum atomic E-state index is 12.7. The second-order valence-electron chi connectivity index (χ2n) is 6.41. The number of carboxylic acid groups (broad SMARTS) is 1. The Morgan fingerprint density at radius 2 is 1.87 bits per heavy atom. The zero-order chi connectivity index (χ0) is 21.2. The minimum atomic E-state index is -3.86. The summed E-state index contributed by atoms with van der Waals surface area (Å²) >= 11 is 0. The monoisotopic (exact) mass is 446 g/mol. The van der Waals surface area contributed by atoms with Gasteiger partial charge in [0.05, 0.1) is 23.0 Å². The van der Waals surface area contributed by atoms with E-state index >= 15 is 0 Å². The first-order chi connectivity index (χ1) is 13.8. The number of nitrogens with zero attached hydrogens (tertiary/aromatic N) is 1. The first-order valence-electron chi connectivity index (χ1n) is 8.79. The van der Waals surface area contributed by atoms with Crippen LogP contribution in [0.3, 0.4) is 0 Å². The number of β-lactam (4-membered cyclic amide) rings is 1. The molecule has 1 aromatic rings. The summed E-state index contributed by atoms with van der Waals surface area (Å²) < 4.78 is 27.8. The molecule has 1 fully saturated rings. The number of ether oxygens (including phenoxy) is 1. The van der Waals surface area contributed by atoms with Crippen molar-refractivity contribution in [2.24, 2.45) is 0 Å². The molecule has 1 aromatic carbocycles. The molecule has 0 spiro atoms. The summed E-state index contributed by atoms with van der Waals surface area (Å²) in [5, 5.41) is 14.1. The van der Waals surface area contributed by atoms with Crippen LogP contribution in [0.5, 0.6) is 5.75 Å². The molecule has 2 atom stereocenters. The summed E-state index contributed by atoms with van der Waals surface area (Å²) in [7, 11) is -1.60. The van der Waals surface area contributed by atoms with Crippen molar-refractivity contribution in [2.45, 2.75) is 24.9 Å². The van der Waals surface area contributed by atoms with Gasteiger partial charge in [0.2, 0.25) is 0 Å². The minimum Gasteiger partial charge on any atom is -0.543 e. The van der Waals surface area contributed by atoms with Gasteiger partial charge >= 0.3 is 37.2 Å². The number of rotatable bonds is 8. The number of fused-ring (bicyclic) bond motifs is 1. The molecule has 0 radical (unpaired) electrons. The Kier molecular flexibility index (Phi) is 8.27. The number of hydrogen-bond acceptors (Lipinski definition) is 8. The minimum absolute atomic E-state index is 0. The van der Waals surface area contributed by atoms with Crippen molar-refractivity contribution in [1.29, 1.82) is 0 Å². The third kappa shape index (κ3) is 4.64. The quantitative estimate of drug-likeness (QED) is 0.254. The van der Waals surface area contributed by atoms with Crippen molar-refractivity contribution in [3.8, 4) is 5.75 Å². The molecule has 2 unspecified atom stereocenters. The molecule has 156 valence electrons. The van der Waals surface area contributed by atoms with E-state index in [2.05, 4.69) is 5.32 Å². The molecule has 2 aliphatic heterocycles. The molecule has 12 heteroatoms. The number of para-hydroxylation sites is 1. The molecular weight excluding hydrogens is 426 g/mol. The van der Waals surface area contributed by atoms with Crippen molar-refractivity contribution in [3.63, 3.8) is 0 Å². The number of aliphatic carboxylic acids is 1. The van der Waals surface area contributed by atoms with Crippen LogP contribution in [0.1, 0.15) is 12.8 Å². The third-order valence-corrected chi connectivity index (χ3v) is 6.90. The number of hydrogen-bond donors (Lipinski definition) is 1. The van der Waals surface area contributed by atoms with Gasteiger partial charge in [0.15, 0.2) is 6.61 Å². The Labute approximate surface area is 195 Å². The van der Waals surface area contributed by atoms with Gasteiger partial charge < -0.3 is 33.9 Å². The van der Waals surface area contributed by atoms with Crippen molar-refractivity contribution >= 4 is 25.4 Å². The third-order valence-electron chi connectivity index (χ3n) is 4.85. The van der Waals surface area contributed by atoms with Gasteiger partial charge in [-0.2, -0.15) is 0 Å². The second kappa shape index (κ2) is 10.1. The van der Waals surface area contributed by atoms with Gasteiger partial charge in [-0.05, 0) is 25.0 Å². The topological polar surface area (TPSA) is 134 Å². The van der Waals surface area contributed by atoms with Crippen LogP contribution in [0, 0.1) is 0 Å². The average molecular weight is 446 g/mol. The van der Waals surface area contributed by atoms with E-state index in [9.17, 15) is 24.1 Å². The number of carbonyl (C=O) groups is 3. The first kappa shape index (κ1) is 24.6. The predicted octanol–water partition coefficient (Wildman–Crippen LogP) is -2.99. The molecule has 0 aliphatic carbocycles. The molecular formula is C18H20N2NaO8P. The summed E-state index contributed by atoms with van der Waals surface area (Å²) in [5.74, 6) is -2.32. The second-order valence-corrected chi connectivity index (χ2v) is 8.67. The van der Waals surface area contributed by atoms with E-state index in [0.717, 1.165) is 19.1 Å². The van der Waals surface area contributed by atoms with Crippen LogP contribution in [0.25, 0.3) is 0 Å². The summed E-state index contributed by atoms with van der Waals surface area (Å²) in [6, 6.07) is 7.20. The predicted molar refractivity (Wildman–Crippen MR) is 97.4 cm³/mol. The standard InChI is InChI=1S/C18H21N2O8P.Na/c1-26-29(25,27-2)13-9-8-12-15(17(22)20(12)16(13)18(23)24)19-14(21)10-28-11-6-4-3-5-7-11;/h3-7,12,15H,8-10H2,1-2H3,(H,19,21)(H,23,24);/q;+1/p-1. The molecule has 2 heterocycles. The van der Waals surface area contributed by atoms with Gasteiger partial charge in [-0.3, -0.25) is 14.2 Å². The van der Waals surface area contributed by atoms with Gasteiger partial charge in [0.25, 0.3) is 11.8 Å². The molecule has 0 saturated carbocycles. The van der Waals surface area contributed by atoms with E-state index in [-0.39, 0.29) is 54.3 Å². The average Bonchev–Trinajstić information content (AvgIpc) is 2.74. The maximum Gasteiger partial charge on any atom is 1.00 e. The van der Waals surface area contributed by atoms with Crippen molar-refractivity contribution < 1.29 is 67.4 Å². The van der Waals surface area contributed by atoms with Crippen LogP contribution in [0.15, 0.2) is 41.3 Å². The van der Waals surface area contributed by atoms with Crippen molar-refractivity contribution in [2.75, 3.05) is 20.8 Å². The molecule has 2 aliphatic rings. The van der Waals surface area contributed by atoms with Crippen LogP contribution >= 0.6 is 7.60 Å². The Morgan fingerprint density at radius 3 is 2.43 bits per heavy atom. The molecule has 0 bridgehead atoms. The van der Waals surface area contributed by atoms with Crippen LogP contribution < -0.4 is 44.7 Å². The molecule has 1 N–H and O–H groups in total. The summed E-state index contributed by atoms with van der Waals surface area (Å²) in [4.78, 5) is 37.3. The van der Waals surface area contributed by atoms with E-state index in [1.807, 2.05) is 0 Å². The number of nitrogens with one attached hydrogen (secondary N) is 1. The summed E-state index contributed by atoms with van der Waals surface area (Å²) in [6.45, 7) is -0.294. The number of benzene rings is 1. The fourth-order valence-corrected chi connectivity index (χ4v) is 4.93. The van der Waals surface area contributed by atoms with Crippen molar-refractivity contribution in [3.05, 3.63) is 41.3 Å². The number of allylic oxidation sites excluding steroid dienone is 1. The Bertz CT molecular complexity index is 899. The zero-order valence-corrected chi connectivity index (χ0v) is 19.7. The molecule has 0 aromatic heterocycles. The van der Waals surface area contributed by atoms with E-state index in [1.165, 1.54) is 0 Å². The van der Waals surface area contributed by atoms with Gasteiger partial charge in [-0.25, -0.2) is 0 Å². The molecule has 30 heavy (non-hydrogen) atoms. The van der Waals surface area contributed by atoms with Crippen LogP contribution in [-0.4, -0.2) is 55.6 Å². The van der Waals surface area contributed by atoms with Crippen LogP contribution in [0.4, 0.5) is 0 Å². The van der Waals surface area contributed by atoms with Gasteiger partial charge in [0, 0.05) is 14.2 Å². The van der Waals surface area contributed by atoms with Gasteiger partial charge in [0.1, 0.15) is 11.8 Å². The molecule has 10 nitrogen and oxygen atoms in total. The van der Waals surface area contributed by atoms with Crippen LogP contribution in [0.2, 0.25) is 0 Å². The SMILES string of the molecule is COP(=O)(OC)C1=C(C(=O)[O-])N2C(=O)C(NC(=O)COc3ccccc3)C2CC1.[Na+]. The number of amides is 2. The number of carboxylic acids is 1. The first-order valence-corrected chi connectivity index (χ1v) is 10.3. The Morgan fingerprint density at radius 1 is 1.23 bits per heavy atom. The smallest absolute Gasteiger partial charge is 0.543 e. The Balaban J connectivity index is 0.00000320. The largest absolute Gasteiger partial charge is 1.00 e. The number of carbonyl (C=O) groups excluding carboxylic acids is 3. The summed E-state index contributed by atoms with van der Waals surface area (Å²) in [5.41, 5.74) is -0.524. The van der Waals surface area contributed by atoms with E-state index in [1.54, 1.807) is 30.3 Å². The van der Waals surface area contributed by atoms with E-state index < -0.39 is 43.2 Å². The molecule has 2 amide bonds. The molecule has 1 saturated heterocycles. The Hall–Kier alpha value is -1.68. The van der Waals surface area contributed by atoms with Gasteiger partial charge in [-0.15, -0.1) is 0 Å². The fourth-order valence-electron chi connectivity index (χ4n) is 3.47. The summed E-state index contributed by atoms with van der Waals surface area (Å²) in [6.07, 6.45) is 0.336. The fraction of sp³-hybridized carbons (Fsp3) is 0.389. The normalized spacial score (nSPS) is 20.6. The maximum absolute atomic E-state index is 12.7. The zero-order valence-electron chi connectivity index (χ0n) is 16.8. The van der Waals surface area contributed by atoms with Crippen molar-refractivity contribution in [1.82, 2.24) is 10.2 Å². The molecule has 3 rings (SSSR count).